The van der Waals surface area contributed by atoms with Crippen molar-refractivity contribution in [2.45, 2.75) is 20.0 Å². The molecule has 0 aliphatic carbocycles. The predicted molar refractivity (Wildman–Crippen MR) is 237 cm³/mol. The molecule has 0 N–H and O–H groups in total. The third kappa shape index (κ3) is 5.74. The third-order valence-electron chi connectivity index (χ3n) is 11.7. The standard InChI is InChI=1S/C53H33F3N4/c1-32-12-4-6-14-38(32)34-20-24-49-43(26-34)41-16-8-10-18-47(41)59(49)51-30-45(40-23-22-37(53(54,55)56)29-46(40)58-3)52(28-36(51)31-57)60-48-19-11-9-17-42(48)44-27-35(21-25-50(44)60)39-15-7-5-13-33(39)2/h4-30H,1-2H3. The molecule has 0 radical (unpaired) electrons. The second-order valence-electron chi connectivity index (χ2n) is 15.1. The Morgan fingerprint density at radius 2 is 1.00 bits per heavy atom. The van der Waals surface area contributed by atoms with Gasteiger partial charge in [-0.15, -0.1) is 0 Å². The number of para-hydroxylation sites is 2. The molecule has 8 aromatic carbocycles. The molecule has 0 saturated heterocycles. The number of aryl methyl sites for hydroxylation is 2. The molecule has 0 saturated carbocycles. The smallest absolute Gasteiger partial charge is 0.309 e. The first-order chi connectivity index (χ1) is 29.1. The van der Waals surface area contributed by atoms with Crippen LogP contribution in [-0.2, 0) is 6.18 Å². The summed E-state index contributed by atoms with van der Waals surface area (Å²) < 4.78 is 46.5. The lowest BCUT2D eigenvalue weighted by Crippen LogP contribution is -2.06. The highest BCUT2D eigenvalue weighted by Gasteiger charge is 2.32. The summed E-state index contributed by atoms with van der Waals surface area (Å²) in [7, 11) is 0. The van der Waals surface area contributed by atoms with Gasteiger partial charge < -0.3 is 9.13 Å². The minimum atomic E-state index is -4.64. The number of aromatic nitrogens is 2. The van der Waals surface area contributed by atoms with Crippen LogP contribution in [0.2, 0.25) is 0 Å². The van der Waals surface area contributed by atoms with Gasteiger partial charge in [-0.1, -0.05) is 109 Å². The highest BCUT2D eigenvalue weighted by Crippen LogP contribution is 2.45. The molecule has 4 nitrogen and oxygen atoms in total. The molecule has 0 amide bonds. The Labute approximate surface area is 344 Å². The molecule has 2 heterocycles. The quantitative estimate of drug-likeness (QED) is 0.160. The Balaban J connectivity index is 1.30. The van der Waals surface area contributed by atoms with Crippen molar-refractivity contribution >= 4 is 49.3 Å². The van der Waals surface area contributed by atoms with Crippen molar-refractivity contribution in [1.29, 1.82) is 5.26 Å². The average Bonchev–Trinajstić information content (AvgIpc) is 3.77. The average molecular weight is 783 g/mol. The third-order valence-corrected chi connectivity index (χ3v) is 11.7. The molecule has 0 bridgehead atoms. The van der Waals surface area contributed by atoms with Gasteiger partial charge in [-0.3, -0.25) is 0 Å². The second-order valence-corrected chi connectivity index (χ2v) is 15.1. The molecule has 7 heteroatoms. The number of nitriles is 1. The Hall–Kier alpha value is -7.87. The SMILES string of the molecule is [C-]#[N+]c1cc(C(F)(F)F)ccc1-c1cc(-n2c3ccccc3c3cc(-c4ccccc4C)ccc32)c(C#N)cc1-n1c2ccccc2c2cc(-c3ccccc3C)ccc21. The summed E-state index contributed by atoms with van der Waals surface area (Å²) in [5.41, 5.74) is 11.3. The van der Waals surface area contributed by atoms with E-state index in [1.807, 2.05) is 72.8 Å². The zero-order valence-electron chi connectivity index (χ0n) is 32.5. The molecular formula is C53H33F3N4. The van der Waals surface area contributed by atoms with E-state index in [-0.39, 0.29) is 5.69 Å². The van der Waals surface area contributed by atoms with Crippen molar-refractivity contribution < 1.29 is 13.2 Å². The maximum absolute atomic E-state index is 14.1. The van der Waals surface area contributed by atoms with Crippen molar-refractivity contribution in [1.82, 2.24) is 9.13 Å². The van der Waals surface area contributed by atoms with Gasteiger partial charge >= 0.3 is 6.18 Å². The molecule has 60 heavy (non-hydrogen) atoms. The summed E-state index contributed by atoms with van der Waals surface area (Å²) in [6.07, 6.45) is -4.64. The largest absolute Gasteiger partial charge is 0.415 e. The van der Waals surface area contributed by atoms with Gasteiger partial charge in [0.2, 0.25) is 0 Å². The van der Waals surface area contributed by atoms with Crippen LogP contribution in [0.5, 0.6) is 0 Å². The molecule has 0 aliphatic heterocycles. The molecule has 0 spiro atoms. The van der Waals surface area contributed by atoms with Gasteiger partial charge in [-0.05, 0) is 113 Å². The lowest BCUT2D eigenvalue weighted by molar-refractivity contribution is -0.137. The van der Waals surface area contributed by atoms with Crippen LogP contribution in [-0.4, -0.2) is 9.13 Å². The summed E-state index contributed by atoms with van der Waals surface area (Å²) in [5, 5.41) is 15.0. The summed E-state index contributed by atoms with van der Waals surface area (Å²) in [6.45, 7) is 12.3. The van der Waals surface area contributed by atoms with E-state index < -0.39 is 11.7 Å². The zero-order chi connectivity index (χ0) is 41.3. The zero-order valence-corrected chi connectivity index (χ0v) is 32.5. The first-order valence-electron chi connectivity index (χ1n) is 19.5. The fraction of sp³-hybridized carbons (Fsp3) is 0.0566. The monoisotopic (exact) mass is 782 g/mol. The molecule has 2 aromatic heterocycles. The first kappa shape index (κ1) is 36.5. The van der Waals surface area contributed by atoms with E-state index in [1.165, 1.54) is 6.07 Å². The highest BCUT2D eigenvalue weighted by molar-refractivity contribution is 6.13. The van der Waals surface area contributed by atoms with Crippen molar-refractivity contribution in [2.75, 3.05) is 0 Å². The summed E-state index contributed by atoms with van der Waals surface area (Å²) >= 11 is 0. The fourth-order valence-electron chi connectivity index (χ4n) is 8.87. The number of alkyl halides is 3. The van der Waals surface area contributed by atoms with Crippen molar-refractivity contribution in [3.63, 3.8) is 0 Å². The van der Waals surface area contributed by atoms with Crippen LogP contribution < -0.4 is 0 Å². The molecule has 0 unspecified atom stereocenters. The van der Waals surface area contributed by atoms with E-state index in [1.54, 1.807) is 0 Å². The van der Waals surface area contributed by atoms with Crippen LogP contribution in [0.15, 0.2) is 164 Å². The number of rotatable bonds is 5. The number of hydrogen-bond acceptors (Lipinski definition) is 1. The van der Waals surface area contributed by atoms with Gasteiger partial charge in [0.05, 0.1) is 45.6 Å². The van der Waals surface area contributed by atoms with E-state index in [9.17, 15) is 18.4 Å². The van der Waals surface area contributed by atoms with E-state index in [4.69, 9.17) is 6.57 Å². The van der Waals surface area contributed by atoms with Crippen LogP contribution >= 0.6 is 0 Å². The summed E-state index contributed by atoms with van der Waals surface area (Å²) in [4.78, 5) is 3.67. The van der Waals surface area contributed by atoms with Crippen LogP contribution in [0.3, 0.4) is 0 Å². The predicted octanol–water partition coefficient (Wildman–Crippen LogP) is 14.9. The number of halogens is 3. The molecular weight excluding hydrogens is 750 g/mol. The Morgan fingerprint density at radius 3 is 1.52 bits per heavy atom. The molecule has 0 fully saturated rings. The van der Waals surface area contributed by atoms with E-state index >= 15 is 0 Å². The normalized spacial score (nSPS) is 11.7. The van der Waals surface area contributed by atoms with Crippen molar-refractivity contribution in [2.24, 2.45) is 0 Å². The van der Waals surface area contributed by atoms with Gasteiger partial charge in [0.1, 0.15) is 6.07 Å². The Morgan fingerprint density at radius 1 is 0.500 bits per heavy atom. The van der Waals surface area contributed by atoms with Crippen LogP contribution in [0.4, 0.5) is 18.9 Å². The van der Waals surface area contributed by atoms with Crippen LogP contribution in [0.1, 0.15) is 22.3 Å². The topological polar surface area (TPSA) is 38.0 Å². The van der Waals surface area contributed by atoms with Gasteiger partial charge in [0, 0.05) is 27.1 Å². The van der Waals surface area contributed by atoms with Gasteiger partial charge in [-0.2, -0.15) is 18.4 Å². The molecule has 10 aromatic rings. The molecule has 0 atom stereocenters. The second kappa shape index (κ2) is 13.9. The van der Waals surface area contributed by atoms with E-state index in [0.29, 0.717) is 28.1 Å². The number of nitrogens with zero attached hydrogens (tertiary/aromatic N) is 4. The minimum Gasteiger partial charge on any atom is -0.309 e. The summed E-state index contributed by atoms with van der Waals surface area (Å²) in [6, 6.07) is 54.6. The minimum absolute atomic E-state index is 0.144. The van der Waals surface area contributed by atoms with Gasteiger partial charge in [0.25, 0.3) is 0 Å². The number of benzene rings is 8. The lowest BCUT2D eigenvalue weighted by atomic mass is 9.96. The molecule has 0 aliphatic rings. The Kier molecular flexibility index (Phi) is 8.45. The fourth-order valence-corrected chi connectivity index (χ4v) is 8.87. The number of hydrogen-bond donors (Lipinski definition) is 0. The van der Waals surface area contributed by atoms with Crippen molar-refractivity contribution in [3.05, 3.63) is 197 Å². The van der Waals surface area contributed by atoms with Crippen LogP contribution in [0, 0.1) is 31.8 Å². The van der Waals surface area contributed by atoms with Gasteiger partial charge in [0.15, 0.2) is 5.69 Å². The summed E-state index contributed by atoms with van der Waals surface area (Å²) in [5.74, 6) is 0. The number of fused-ring (bicyclic) bond motifs is 6. The lowest BCUT2D eigenvalue weighted by Gasteiger charge is -2.20. The van der Waals surface area contributed by atoms with Crippen molar-refractivity contribution in [3.8, 4) is 50.8 Å². The first-order valence-corrected chi connectivity index (χ1v) is 19.5. The van der Waals surface area contributed by atoms with Crippen LogP contribution in [0.25, 0.3) is 93.2 Å². The van der Waals surface area contributed by atoms with E-state index in [0.717, 1.165) is 89.1 Å². The molecule has 10 rings (SSSR count). The maximum Gasteiger partial charge on any atom is 0.415 e. The highest BCUT2D eigenvalue weighted by atomic mass is 19.4. The van der Waals surface area contributed by atoms with Gasteiger partial charge in [-0.25, -0.2) is 4.85 Å². The molecule has 286 valence electrons. The Bertz CT molecular complexity index is 3480. The van der Waals surface area contributed by atoms with E-state index in [2.05, 4.69) is 107 Å². The maximum atomic E-state index is 14.1.